The number of thiocarbonyl (C=S) groups is 1. The third-order valence-electron chi connectivity index (χ3n) is 2.79. The zero-order valence-corrected chi connectivity index (χ0v) is 12.0. The van der Waals surface area contributed by atoms with Crippen LogP contribution < -0.4 is 10.6 Å². The molecule has 0 fully saturated rings. The van der Waals surface area contributed by atoms with Gasteiger partial charge in [0.15, 0.2) is 0 Å². The topological polar surface area (TPSA) is 55.6 Å². The first-order chi connectivity index (χ1) is 9.13. The first-order valence-corrected chi connectivity index (χ1v) is 6.69. The van der Waals surface area contributed by atoms with Gasteiger partial charge in [0.2, 0.25) is 0 Å². The van der Waals surface area contributed by atoms with Gasteiger partial charge in [0.05, 0.1) is 12.1 Å². The Hall–Kier alpha value is -1.62. The molecule has 0 aliphatic carbocycles. The minimum Gasteiger partial charge on any atom is -0.469 e. The molecule has 5 heteroatoms. The van der Waals surface area contributed by atoms with Crippen LogP contribution in [-0.2, 0) is 9.53 Å². The summed E-state index contributed by atoms with van der Waals surface area (Å²) < 4.78 is 4.64. The molecule has 0 unspecified atom stereocenters. The van der Waals surface area contributed by atoms with Crippen LogP contribution in [0.3, 0.4) is 0 Å². The first kappa shape index (κ1) is 15.4. The van der Waals surface area contributed by atoms with E-state index >= 15 is 0 Å². The van der Waals surface area contributed by atoms with Gasteiger partial charge in [-0.3, -0.25) is 4.79 Å². The van der Waals surface area contributed by atoms with E-state index in [2.05, 4.69) is 9.64 Å². The van der Waals surface area contributed by atoms with Gasteiger partial charge in [-0.05, 0) is 18.6 Å². The fraction of sp³-hybridized carbons (Fsp3) is 0.429. The average molecular weight is 280 g/mol. The van der Waals surface area contributed by atoms with Gasteiger partial charge in [-0.1, -0.05) is 30.4 Å². The third-order valence-corrected chi connectivity index (χ3v) is 2.99. The van der Waals surface area contributed by atoms with Crippen LogP contribution >= 0.6 is 12.2 Å². The summed E-state index contributed by atoms with van der Waals surface area (Å²) in [5.74, 6) is -0.178. The highest BCUT2D eigenvalue weighted by Crippen LogP contribution is 2.14. The lowest BCUT2D eigenvalue weighted by molar-refractivity contribution is -0.140. The fourth-order valence-electron chi connectivity index (χ4n) is 1.77. The average Bonchev–Trinajstić information content (AvgIpc) is 2.43. The molecule has 0 aliphatic heterocycles. The molecule has 0 heterocycles. The highest BCUT2D eigenvalue weighted by Gasteiger charge is 2.08. The number of benzene rings is 1. The molecule has 19 heavy (non-hydrogen) atoms. The number of ether oxygens (including phenoxy) is 1. The van der Waals surface area contributed by atoms with E-state index in [1.165, 1.54) is 7.11 Å². The number of anilines is 1. The van der Waals surface area contributed by atoms with Gasteiger partial charge in [-0.2, -0.15) is 0 Å². The van der Waals surface area contributed by atoms with Crippen LogP contribution in [0.15, 0.2) is 30.3 Å². The molecule has 0 radical (unpaired) electrons. The van der Waals surface area contributed by atoms with Crippen molar-refractivity contribution >= 4 is 28.9 Å². The van der Waals surface area contributed by atoms with E-state index in [-0.39, 0.29) is 5.97 Å². The summed E-state index contributed by atoms with van der Waals surface area (Å²) in [6, 6.07) is 10.0. The lowest BCUT2D eigenvalue weighted by atomic mass is 10.2. The Bertz CT molecular complexity index is 409. The molecule has 0 spiro atoms. The van der Waals surface area contributed by atoms with Crippen molar-refractivity contribution in [3.8, 4) is 0 Å². The molecule has 0 bridgehead atoms. The summed E-state index contributed by atoms with van der Waals surface area (Å²) in [6.45, 7) is 1.54. The second kappa shape index (κ2) is 8.48. The molecule has 104 valence electrons. The summed E-state index contributed by atoms with van der Waals surface area (Å²) in [5.41, 5.74) is 6.66. The van der Waals surface area contributed by atoms with Crippen molar-refractivity contribution in [1.29, 1.82) is 0 Å². The normalized spacial score (nSPS) is 9.95. The number of nitrogens with two attached hydrogens (primary N) is 1. The lowest BCUT2D eigenvalue weighted by Gasteiger charge is -2.24. The minimum atomic E-state index is -0.178. The molecule has 1 rings (SSSR count). The number of nitrogens with zero attached hydrogens (tertiary/aromatic N) is 1. The Morgan fingerprint density at radius 2 is 1.95 bits per heavy atom. The molecule has 2 N–H and O–H groups in total. The predicted octanol–water partition coefficient (Wildman–Crippen LogP) is 2.12. The van der Waals surface area contributed by atoms with E-state index in [1.807, 2.05) is 30.3 Å². The molecule has 0 aliphatic rings. The molecule has 4 nitrogen and oxygen atoms in total. The summed E-state index contributed by atoms with van der Waals surface area (Å²) in [6.07, 6.45) is 1.84. The summed E-state index contributed by atoms with van der Waals surface area (Å²) >= 11 is 4.91. The Morgan fingerprint density at radius 1 is 1.26 bits per heavy atom. The van der Waals surface area contributed by atoms with Gasteiger partial charge in [0.25, 0.3) is 0 Å². The maximum Gasteiger partial charge on any atom is 0.305 e. The third kappa shape index (κ3) is 6.20. The smallest absolute Gasteiger partial charge is 0.305 e. The van der Waals surface area contributed by atoms with Gasteiger partial charge in [0, 0.05) is 31.6 Å². The van der Waals surface area contributed by atoms with Gasteiger partial charge >= 0.3 is 5.97 Å². The summed E-state index contributed by atoms with van der Waals surface area (Å²) in [7, 11) is 1.41. The molecule has 0 atom stereocenters. The van der Waals surface area contributed by atoms with Crippen molar-refractivity contribution in [2.24, 2.45) is 5.73 Å². The van der Waals surface area contributed by atoms with Crippen LogP contribution in [0.1, 0.15) is 19.3 Å². The van der Waals surface area contributed by atoms with Crippen molar-refractivity contribution in [2.45, 2.75) is 19.3 Å². The minimum absolute atomic E-state index is 0.178. The van der Waals surface area contributed by atoms with Crippen molar-refractivity contribution in [2.75, 3.05) is 25.1 Å². The van der Waals surface area contributed by atoms with Gasteiger partial charge in [-0.25, -0.2) is 0 Å². The molecular formula is C14H20N2O2S. The monoisotopic (exact) mass is 280 g/mol. The predicted molar refractivity (Wildman–Crippen MR) is 81.3 cm³/mol. The molecule has 0 saturated carbocycles. The molecule has 1 aromatic carbocycles. The molecular weight excluding hydrogens is 260 g/mol. The van der Waals surface area contributed by atoms with Crippen LogP contribution in [-0.4, -0.2) is 31.2 Å². The zero-order chi connectivity index (χ0) is 14.1. The number of hydrogen-bond acceptors (Lipinski definition) is 4. The van der Waals surface area contributed by atoms with Crippen LogP contribution in [0, 0.1) is 0 Å². The van der Waals surface area contributed by atoms with Crippen molar-refractivity contribution in [3.63, 3.8) is 0 Å². The van der Waals surface area contributed by atoms with Crippen molar-refractivity contribution < 1.29 is 9.53 Å². The van der Waals surface area contributed by atoms with E-state index in [0.717, 1.165) is 25.2 Å². The lowest BCUT2D eigenvalue weighted by Crippen LogP contribution is -2.28. The Balaban J connectivity index is 2.54. The molecule has 0 aromatic heterocycles. The van der Waals surface area contributed by atoms with E-state index < -0.39 is 0 Å². The molecule has 1 aromatic rings. The van der Waals surface area contributed by atoms with Gasteiger partial charge in [-0.15, -0.1) is 0 Å². The first-order valence-electron chi connectivity index (χ1n) is 6.28. The number of para-hydroxylation sites is 1. The van der Waals surface area contributed by atoms with E-state index in [4.69, 9.17) is 18.0 Å². The zero-order valence-electron chi connectivity index (χ0n) is 11.2. The maximum absolute atomic E-state index is 11.1. The Labute approximate surface area is 119 Å². The number of esters is 1. The maximum atomic E-state index is 11.1. The van der Waals surface area contributed by atoms with Gasteiger partial charge in [0.1, 0.15) is 0 Å². The number of carbonyl (C=O) groups is 1. The Morgan fingerprint density at radius 3 is 2.53 bits per heavy atom. The number of rotatable bonds is 8. The second-order valence-corrected chi connectivity index (χ2v) is 4.74. The van der Waals surface area contributed by atoms with E-state index in [0.29, 0.717) is 17.8 Å². The number of carbonyl (C=O) groups excluding carboxylic acids is 1. The molecule has 0 amide bonds. The summed E-state index contributed by atoms with van der Waals surface area (Å²) in [4.78, 5) is 13.8. The van der Waals surface area contributed by atoms with E-state index in [9.17, 15) is 4.79 Å². The number of methoxy groups -OCH3 is 1. The van der Waals surface area contributed by atoms with E-state index in [1.54, 1.807) is 0 Å². The number of hydrogen-bond donors (Lipinski definition) is 1. The highest BCUT2D eigenvalue weighted by molar-refractivity contribution is 7.80. The Kier molecular flexibility index (Phi) is 6.89. The van der Waals surface area contributed by atoms with Crippen molar-refractivity contribution in [1.82, 2.24) is 0 Å². The fourth-order valence-corrected chi connectivity index (χ4v) is 1.86. The van der Waals surface area contributed by atoms with Crippen LogP contribution in [0.5, 0.6) is 0 Å². The van der Waals surface area contributed by atoms with Gasteiger partial charge < -0.3 is 15.4 Å². The largest absolute Gasteiger partial charge is 0.469 e. The quantitative estimate of drug-likeness (QED) is 0.584. The van der Waals surface area contributed by atoms with Crippen LogP contribution in [0.2, 0.25) is 0 Å². The summed E-state index contributed by atoms with van der Waals surface area (Å²) in [5, 5.41) is 0. The highest BCUT2D eigenvalue weighted by atomic mass is 32.1. The standard InChI is InChI=1S/C14H20N2O2S/c1-18-14(17)8-5-10-16(11-9-13(15)19)12-6-3-2-4-7-12/h2-4,6-7H,5,8-11H2,1H3,(H2,15,19). The second-order valence-electron chi connectivity index (χ2n) is 4.22. The van der Waals surface area contributed by atoms with Crippen molar-refractivity contribution in [3.05, 3.63) is 30.3 Å². The molecule has 0 saturated heterocycles. The van der Waals surface area contributed by atoms with Crippen LogP contribution in [0.4, 0.5) is 5.69 Å². The van der Waals surface area contributed by atoms with Crippen LogP contribution in [0.25, 0.3) is 0 Å². The SMILES string of the molecule is COC(=O)CCCN(CCC(N)=S)c1ccccc1.